The normalized spacial score (nSPS) is 15.8. The Bertz CT molecular complexity index is 602. The van der Waals surface area contributed by atoms with Crippen molar-refractivity contribution in [2.45, 2.75) is 32.7 Å². The van der Waals surface area contributed by atoms with Gasteiger partial charge < -0.3 is 10.6 Å². The molecule has 1 aliphatic heterocycles. The van der Waals surface area contributed by atoms with E-state index >= 15 is 0 Å². The van der Waals surface area contributed by atoms with Crippen LogP contribution in [0.4, 0.5) is 11.4 Å². The number of nitrogens with two attached hydrogens (primary N) is 1. The summed E-state index contributed by atoms with van der Waals surface area (Å²) in [5.74, 6) is 0. The Morgan fingerprint density at radius 3 is 2.80 bits per heavy atom. The quantitative estimate of drug-likeness (QED) is 0.905. The first-order valence-electron chi connectivity index (χ1n) is 7.24. The van der Waals surface area contributed by atoms with Crippen molar-refractivity contribution in [1.29, 1.82) is 0 Å². The molecule has 0 amide bonds. The summed E-state index contributed by atoms with van der Waals surface area (Å²) in [4.78, 5) is 6.83. The SMILES string of the molecule is Cc1ccc2c(c1)CCCN2c1ccc([C@H](C)N)nc1. The summed E-state index contributed by atoms with van der Waals surface area (Å²) in [5, 5.41) is 0. The van der Waals surface area contributed by atoms with E-state index in [4.69, 9.17) is 5.73 Å². The minimum Gasteiger partial charge on any atom is -0.340 e. The Morgan fingerprint density at radius 2 is 2.10 bits per heavy atom. The molecule has 1 aromatic heterocycles. The van der Waals surface area contributed by atoms with Gasteiger partial charge in [-0.05, 0) is 50.5 Å². The molecule has 2 aromatic rings. The minimum atomic E-state index is -0.0136. The van der Waals surface area contributed by atoms with Gasteiger partial charge >= 0.3 is 0 Å². The number of nitrogens with zero attached hydrogens (tertiary/aromatic N) is 2. The molecule has 2 N–H and O–H groups in total. The number of anilines is 2. The van der Waals surface area contributed by atoms with Crippen LogP contribution < -0.4 is 10.6 Å². The van der Waals surface area contributed by atoms with Crippen LogP contribution in [0.15, 0.2) is 36.5 Å². The van der Waals surface area contributed by atoms with E-state index in [1.165, 1.54) is 29.7 Å². The highest BCUT2D eigenvalue weighted by atomic mass is 15.1. The lowest BCUT2D eigenvalue weighted by molar-refractivity contribution is 0.757. The molecule has 1 atom stereocenters. The van der Waals surface area contributed by atoms with Gasteiger partial charge in [-0.25, -0.2) is 0 Å². The van der Waals surface area contributed by atoms with Gasteiger partial charge in [-0.3, -0.25) is 4.98 Å². The summed E-state index contributed by atoms with van der Waals surface area (Å²) < 4.78 is 0. The van der Waals surface area contributed by atoms with Gasteiger partial charge in [0, 0.05) is 18.3 Å². The van der Waals surface area contributed by atoms with Crippen molar-refractivity contribution in [1.82, 2.24) is 4.98 Å². The number of hydrogen-bond donors (Lipinski definition) is 1. The van der Waals surface area contributed by atoms with Crippen LogP contribution >= 0.6 is 0 Å². The topological polar surface area (TPSA) is 42.1 Å². The maximum absolute atomic E-state index is 5.86. The van der Waals surface area contributed by atoms with Crippen LogP contribution in [0.25, 0.3) is 0 Å². The Labute approximate surface area is 120 Å². The van der Waals surface area contributed by atoms with Gasteiger partial charge in [0.15, 0.2) is 0 Å². The monoisotopic (exact) mass is 267 g/mol. The molecule has 0 unspecified atom stereocenters. The number of pyridine rings is 1. The predicted octanol–water partition coefficient (Wildman–Crippen LogP) is 3.49. The molecule has 1 aromatic carbocycles. The molecule has 0 spiro atoms. The molecule has 0 radical (unpaired) electrons. The van der Waals surface area contributed by atoms with Crippen molar-refractivity contribution in [3.05, 3.63) is 53.3 Å². The maximum atomic E-state index is 5.86. The number of fused-ring (bicyclic) bond motifs is 1. The molecule has 0 bridgehead atoms. The van der Waals surface area contributed by atoms with Gasteiger partial charge in [-0.1, -0.05) is 17.7 Å². The Hall–Kier alpha value is -1.87. The molecule has 3 heteroatoms. The van der Waals surface area contributed by atoms with Gasteiger partial charge in [0.25, 0.3) is 0 Å². The molecule has 1 aliphatic rings. The molecule has 0 saturated heterocycles. The second-order valence-electron chi connectivity index (χ2n) is 5.62. The summed E-state index contributed by atoms with van der Waals surface area (Å²) in [6, 6.07) is 10.8. The zero-order valence-corrected chi connectivity index (χ0v) is 12.1. The van der Waals surface area contributed by atoms with Crippen molar-refractivity contribution in [2.24, 2.45) is 5.73 Å². The van der Waals surface area contributed by atoms with Crippen molar-refractivity contribution in [3.8, 4) is 0 Å². The van der Waals surface area contributed by atoms with E-state index in [0.29, 0.717) is 0 Å². The standard InChI is InChI=1S/C17H21N3/c1-12-5-8-17-14(10-12)4-3-9-20(17)15-6-7-16(13(2)18)19-11-15/h5-8,10-11,13H,3-4,9,18H2,1-2H3/t13-/m0/s1. The van der Waals surface area contributed by atoms with Crippen LogP contribution in [0.1, 0.15) is 36.2 Å². The fourth-order valence-corrected chi connectivity index (χ4v) is 2.82. The van der Waals surface area contributed by atoms with Crippen LogP contribution in [0, 0.1) is 6.92 Å². The average molecular weight is 267 g/mol. The number of hydrogen-bond acceptors (Lipinski definition) is 3. The smallest absolute Gasteiger partial charge is 0.0597 e. The Kier molecular flexibility index (Phi) is 3.45. The van der Waals surface area contributed by atoms with Gasteiger partial charge in [-0.2, -0.15) is 0 Å². The van der Waals surface area contributed by atoms with E-state index in [1.54, 1.807) is 0 Å². The third-order valence-electron chi connectivity index (χ3n) is 3.90. The fraction of sp³-hybridized carbons (Fsp3) is 0.353. The largest absolute Gasteiger partial charge is 0.340 e. The molecule has 3 rings (SSSR count). The summed E-state index contributed by atoms with van der Waals surface area (Å²) in [6.45, 7) is 5.16. The second-order valence-corrected chi connectivity index (χ2v) is 5.62. The second kappa shape index (κ2) is 5.25. The number of benzene rings is 1. The van der Waals surface area contributed by atoms with E-state index in [1.807, 2.05) is 19.2 Å². The van der Waals surface area contributed by atoms with E-state index in [-0.39, 0.29) is 6.04 Å². The molecule has 20 heavy (non-hydrogen) atoms. The highest BCUT2D eigenvalue weighted by Crippen LogP contribution is 2.33. The summed E-state index contributed by atoms with van der Waals surface area (Å²) in [7, 11) is 0. The van der Waals surface area contributed by atoms with Gasteiger partial charge in [0.05, 0.1) is 17.6 Å². The first-order valence-corrected chi connectivity index (χ1v) is 7.24. The molecular weight excluding hydrogens is 246 g/mol. The number of aryl methyl sites for hydroxylation is 2. The van der Waals surface area contributed by atoms with E-state index in [2.05, 4.69) is 41.1 Å². The van der Waals surface area contributed by atoms with Crippen molar-refractivity contribution >= 4 is 11.4 Å². The number of rotatable bonds is 2. The maximum Gasteiger partial charge on any atom is 0.0597 e. The molecule has 0 saturated carbocycles. The lowest BCUT2D eigenvalue weighted by Gasteiger charge is -2.31. The van der Waals surface area contributed by atoms with Gasteiger partial charge in [0.1, 0.15) is 0 Å². The summed E-state index contributed by atoms with van der Waals surface area (Å²) in [5.41, 5.74) is 12.0. The Balaban J connectivity index is 1.96. The first-order chi connectivity index (χ1) is 9.65. The third kappa shape index (κ3) is 2.41. The lowest BCUT2D eigenvalue weighted by atomic mass is 9.99. The van der Waals surface area contributed by atoms with Crippen LogP contribution in [0.2, 0.25) is 0 Å². The van der Waals surface area contributed by atoms with Crippen LogP contribution in [-0.2, 0) is 6.42 Å². The molecule has 0 fully saturated rings. The molecular formula is C17H21N3. The lowest BCUT2D eigenvalue weighted by Crippen LogP contribution is -2.24. The third-order valence-corrected chi connectivity index (χ3v) is 3.90. The zero-order valence-electron chi connectivity index (χ0n) is 12.1. The zero-order chi connectivity index (χ0) is 14.1. The van der Waals surface area contributed by atoms with Crippen molar-refractivity contribution in [3.63, 3.8) is 0 Å². The van der Waals surface area contributed by atoms with E-state index < -0.39 is 0 Å². The van der Waals surface area contributed by atoms with Crippen molar-refractivity contribution in [2.75, 3.05) is 11.4 Å². The summed E-state index contributed by atoms with van der Waals surface area (Å²) in [6.07, 6.45) is 4.29. The van der Waals surface area contributed by atoms with E-state index in [0.717, 1.165) is 17.9 Å². The fourth-order valence-electron chi connectivity index (χ4n) is 2.82. The van der Waals surface area contributed by atoms with Crippen LogP contribution in [0.5, 0.6) is 0 Å². The molecule has 104 valence electrons. The predicted molar refractivity (Wildman–Crippen MR) is 83.3 cm³/mol. The number of aromatic nitrogens is 1. The minimum absolute atomic E-state index is 0.0136. The molecule has 2 heterocycles. The van der Waals surface area contributed by atoms with Gasteiger partial charge in [-0.15, -0.1) is 0 Å². The first kappa shape index (κ1) is 13.1. The molecule has 3 nitrogen and oxygen atoms in total. The Morgan fingerprint density at radius 1 is 1.25 bits per heavy atom. The van der Waals surface area contributed by atoms with Gasteiger partial charge in [0.2, 0.25) is 0 Å². The van der Waals surface area contributed by atoms with Crippen molar-refractivity contribution < 1.29 is 0 Å². The van der Waals surface area contributed by atoms with Crippen LogP contribution in [0.3, 0.4) is 0 Å². The highest BCUT2D eigenvalue weighted by molar-refractivity contribution is 5.67. The molecule has 0 aliphatic carbocycles. The van der Waals surface area contributed by atoms with Crippen LogP contribution in [-0.4, -0.2) is 11.5 Å². The average Bonchev–Trinajstić information content (AvgIpc) is 2.46. The highest BCUT2D eigenvalue weighted by Gasteiger charge is 2.18. The van der Waals surface area contributed by atoms with E-state index in [9.17, 15) is 0 Å². The summed E-state index contributed by atoms with van der Waals surface area (Å²) >= 11 is 0.